The lowest BCUT2D eigenvalue weighted by Gasteiger charge is -2.26. The summed E-state index contributed by atoms with van der Waals surface area (Å²) in [5.74, 6) is 0.901. The van der Waals surface area contributed by atoms with E-state index in [-0.39, 0.29) is 24.0 Å². The Labute approximate surface area is 186 Å². The van der Waals surface area contributed by atoms with Gasteiger partial charge in [-0.2, -0.15) is 0 Å². The molecule has 1 spiro atoms. The Hall–Kier alpha value is -0.870. The molecule has 1 aliphatic heterocycles. The van der Waals surface area contributed by atoms with Crippen LogP contribution in [0.25, 0.3) is 0 Å². The summed E-state index contributed by atoms with van der Waals surface area (Å²) in [6, 6.07) is 7.15. The molecule has 1 N–H and O–H groups in total. The molecule has 1 saturated carbocycles. The van der Waals surface area contributed by atoms with Gasteiger partial charge in [0.1, 0.15) is 0 Å². The Morgan fingerprint density at radius 3 is 2.54 bits per heavy atom. The van der Waals surface area contributed by atoms with Crippen LogP contribution in [0.5, 0.6) is 0 Å². The van der Waals surface area contributed by atoms with Crippen LogP contribution in [0.15, 0.2) is 34.2 Å². The molecule has 158 valence electrons. The number of halogens is 1. The quantitative estimate of drug-likeness (QED) is 0.368. The summed E-state index contributed by atoms with van der Waals surface area (Å²) >= 11 is 0. The van der Waals surface area contributed by atoms with E-state index in [1.54, 1.807) is 26.2 Å². The number of likely N-dealkylation sites (tertiary alicyclic amines) is 1. The van der Waals surface area contributed by atoms with Crippen molar-refractivity contribution in [3.8, 4) is 0 Å². The number of nitrogens with one attached hydrogen (secondary N) is 1. The number of guanidine groups is 1. The number of sulfonamides is 1. The van der Waals surface area contributed by atoms with Gasteiger partial charge in [-0.15, -0.1) is 24.0 Å². The van der Waals surface area contributed by atoms with E-state index in [0.29, 0.717) is 16.9 Å². The minimum absolute atomic E-state index is 0. The molecule has 0 bridgehead atoms. The molecular formula is C20H33IN4O2S. The highest BCUT2D eigenvalue weighted by Gasteiger charge is 2.41. The van der Waals surface area contributed by atoms with Crippen molar-refractivity contribution < 1.29 is 8.42 Å². The lowest BCUT2D eigenvalue weighted by atomic mass is 9.86. The van der Waals surface area contributed by atoms with Gasteiger partial charge in [0, 0.05) is 33.7 Å². The summed E-state index contributed by atoms with van der Waals surface area (Å²) in [5, 5.41) is 3.40. The monoisotopic (exact) mass is 520 g/mol. The third kappa shape index (κ3) is 4.99. The molecule has 1 saturated heterocycles. The highest BCUT2D eigenvalue weighted by Crippen LogP contribution is 2.45. The van der Waals surface area contributed by atoms with E-state index in [2.05, 4.69) is 17.1 Å². The molecule has 3 rings (SSSR count). The summed E-state index contributed by atoms with van der Waals surface area (Å²) in [4.78, 5) is 7.50. The summed E-state index contributed by atoms with van der Waals surface area (Å²) < 4.78 is 26.5. The Kier molecular flexibility index (Phi) is 8.16. The van der Waals surface area contributed by atoms with Gasteiger partial charge in [-0.05, 0) is 43.2 Å². The standard InChI is InChI=1S/C20H32N4O2S.HI/c1-4-21-19(24-14-13-20(16-24)11-7-8-12-20)22-15-17-9-5-6-10-18(17)27(25,26)23(2)3;/h5-6,9-10H,4,7-8,11-16H2,1-3H3,(H,21,22);1H. The summed E-state index contributed by atoms with van der Waals surface area (Å²) in [6.07, 6.45) is 6.58. The lowest BCUT2D eigenvalue weighted by molar-refractivity contribution is 0.309. The third-order valence-electron chi connectivity index (χ3n) is 5.87. The molecule has 6 nitrogen and oxygen atoms in total. The first kappa shape index (κ1) is 23.4. The topological polar surface area (TPSA) is 65.0 Å². The number of hydrogen-bond donors (Lipinski definition) is 1. The molecule has 2 fully saturated rings. The fourth-order valence-electron chi connectivity index (χ4n) is 4.32. The van der Waals surface area contributed by atoms with E-state index < -0.39 is 10.0 Å². The van der Waals surface area contributed by atoms with Crippen LogP contribution in [0, 0.1) is 5.41 Å². The van der Waals surface area contributed by atoms with Gasteiger partial charge in [-0.25, -0.2) is 17.7 Å². The average Bonchev–Trinajstić information content (AvgIpc) is 3.29. The minimum Gasteiger partial charge on any atom is -0.357 e. The zero-order chi connectivity index (χ0) is 19.5. The zero-order valence-electron chi connectivity index (χ0n) is 17.1. The van der Waals surface area contributed by atoms with Crippen molar-refractivity contribution in [2.45, 2.75) is 50.5 Å². The maximum Gasteiger partial charge on any atom is 0.242 e. The molecule has 0 aromatic heterocycles. The Morgan fingerprint density at radius 1 is 1.21 bits per heavy atom. The maximum absolute atomic E-state index is 12.6. The van der Waals surface area contributed by atoms with Gasteiger partial charge in [0.15, 0.2) is 5.96 Å². The second kappa shape index (κ2) is 9.75. The summed E-state index contributed by atoms with van der Waals surface area (Å²) in [5.41, 5.74) is 1.21. The van der Waals surface area contributed by atoms with Gasteiger partial charge in [-0.1, -0.05) is 31.0 Å². The molecule has 8 heteroatoms. The van der Waals surface area contributed by atoms with Crippen LogP contribution < -0.4 is 5.32 Å². The predicted octanol–water partition coefficient (Wildman–Crippen LogP) is 3.29. The largest absolute Gasteiger partial charge is 0.357 e. The average molecular weight is 520 g/mol. The van der Waals surface area contributed by atoms with E-state index in [9.17, 15) is 8.42 Å². The van der Waals surface area contributed by atoms with Crippen molar-refractivity contribution >= 4 is 40.0 Å². The first-order valence-corrected chi connectivity index (χ1v) is 11.4. The first-order chi connectivity index (χ1) is 12.9. The molecule has 0 unspecified atom stereocenters. The first-order valence-electron chi connectivity index (χ1n) is 9.92. The molecular weight excluding hydrogens is 487 g/mol. The van der Waals surface area contributed by atoms with E-state index in [1.807, 2.05) is 12.1 Å². The molecule has 0 radical (unpaired) electrons. The van der Waals surface area contributed by atoms with E-state index in [0.717, 1.165) is 31.2 Å². The van der Waals surface area contributed by atoms with Crippen molar-refractivity contribution in [3.05, 3.63) is 29.8 Å². The SMILES string of the molecule is CCNC(=NCc1ccccc1S(=O)(=O)N(C)C)N1CCC2(CCCC2)C1.I. The van der Waals surface area contributed by atoms with Crippen molar-refractivity contribution in [1.82, 2.24) is 14.5 Å². The van der Waals surface area contributed by atoms with Crippen LogP contribution in [-0.4, -0.2) is 57.3 Å². The number of hydrogen-bond acceptors (Lipinski definition) is 3. The Morgan fingerprint density at radius 2 is 1.89 bits per heavy atom. The summed E-state index contributed by atoms with van der Waals surface area (Å²) in [6.45, 7) is 5.33. The van der Waals surface area contributed by atoms with Crippen molar-refractivity contribution in [2.24, 2.45) is 10.4 Å². The van der Waals surface area contributed by atoms with Gasteiger partial charge in [-0.3, -0.25) is 0 Å². The molecule has 0 amide bonds. The number of benzene rings is 1. The van der Waals surface area contributed by atoms with Gasteiger partial charge in [0.25, 0.3) is 0 Å². The van der Waals surface area contributed by atoms with Gasteiger partial charge >= 0.3 is 0 Å². The number of nitrogens with zero attached hydrogens (tertiary/aromatic N) is 3. The molecule has 2 aliphatic rings. The van der Waals surface area contributed by atoms with E-state index in [1.165, 1.54) is 36.4 Å². The Balaban J connectivity index is 0.00000280. The molecule has 1 aliphatic carbocycles. The van der Waals surface area contributed by atoms with Gasteiger partial charge < -0.3 is 10.2 Å². The lowest BCUT2D eigenvalue weighted by Crippen LogP contribution is -2.41. The van der Waals surface area contributed by atoms with Crippen molar-refractivity contribution in [3.63, 3.8) is 0 Å². The van der Waals surface area contributed by atoms with Crippen LogP contribution in [0.3, 0.4) is 0 Å². The normalized spacial score (nSPS) is 19.3. The highest BCUT2D eigenvalue weighted by molar-refractivity contribution is 14.0. The van der Waals surface area contributed by atoms with Crippen molar-refractivity contribution in [1.29, 1.82) is 0 Å². The summed E-state index contributed by atoms with van der Waals surface area (Å²) in [7, 11) is -0.354. The second-order valence-corrected chi connectivity index (χ2v) is 10.1. The molecule has 0 atom stereocenters. The third-order valence-corrected chi connectivity index (χ3v) is 7.78. The van der Waals surface area contributed by atoms with Crippen LogP contribution in [-0.2, 0) is 16.6 Å². The molecule has 1 aromatic rings. The number of aliphatic imine (C=N–C) groups is 1. The van der Waals surface area contributed by atoms with Gasteiger partial charge in [0.05, 0.1) is 11.4 Å². The van der Waals surface area contributed by atoms with Crippen LogP contribution >= 0.6 is 24.0 Å². The zero-order valence-corrected chi connectivity index (χ0v) is 20.3. The van der Waals surface area contributed by atoms with E-state index in [4.69, 9.17) is 4.99 Å². The van der Waals surface area contributed by atoms with Crippen LogP contribution in [0.1, 0.15) is 44.6 Å². The van der Waals surface area contributed by atoms with Crippen molar-refractivity contribution in [2.75, 3.05) is 33.7 Å². The van der Waals surface area contributed by atoms with Gasteiger partial charge in [0.2, 0.25) is 10.0 Å². The van der Waals surface area contributed by atoms with Crippen LogP contribution in [0.2, 0.25) is 0 Å². The minimum atomic E-state index is -3.47. The second-order valence-electron chi connectivity index (χ2n) is 7.94. The highest BCUT2D eigenvalue weighted by atomic mass is 127. The smallest absolute Gasteiger partial charge is 0.242 e. The fraction of sp³-hybridized carbons (Fsp3) is 0.650. The maximum atomic E-state index is 12.6. The van der Waals surface area contributed by atoms with E-state index >= 15 is 0 Å². The number of rotatable bonds is 5. The molecule has 1 aromatic carbocycles. The predicted molar refractivity (Wildman–Crippen MR) is 125 cm³/mol. The Bertz CT molecular complexity index is 789. The molecule has 28 heavy (non-hydrogen) atoms. The fourth-order valence-corrected chi connectivity index (χ4v) is 5.43. The molecule has 1 heterocycles. The van der Waals surface area contributed by atoms with Crippen LogP contribution in [0.4, 0.5) is 0 Å².